The maximum Gasteiger partial charge on any atom is 0.0965 e. The Morgan fingerprint density at radius 3 is 1.70 bits per heavy atom. The molecule has 0 rings (SSSR count). The Hall–Kier alpha value is -1.87. The van der Waals surface area contributed by atoms with E-state index in [4.69, 9.17) is 4.74 Å². The quantitative estimate of drug-likeness (QED) is 0.251. The fraction of sp³-hybridized carbons (Fsp3) is 0.542. The molecule has 27 heavy (non-hydrogen) atoms. The van der Waals surface area contributed by atoms with Gasteiger partial charge in [-0.1, -0.05) is 74.6 Å². The van der Waals surface area contributed by atoms with Gasteiger partial charge in [0.05, 0.1) is 12.1 Å². The molecule has 0 aliphatic heterocycles. The molecule has 0 aliphatic carbocycles. The largest absolute Gasteiger partial charge is 0.547 e. The van der Waals surface area contributed by atoms with Crippen molar-refractivity contribution in [1.29, 1.82) is 0 Å². The van der Waals surface area contributed by atoms with Crippen LogP contribution in [0.1, 0.15) is 71.6 Å². The van der Waals surface area contributed by atoms with E-state index in [1.165, 1.54) is 0 Å². The van der Waals surface area contributed by atoms with E-state index in [-0.39, 0.29) is 0 Å². The van der Waals surface area contributed by atoms with Gasteiger partial charge in [-0.25, -0.2) is 0 Å². The number of carbonyl (C=O) groups is 1. The molecule has 0 N–H and O–H groups in total. The first kappa shape index (κ1) is 25.1. The monoisotopic (exact) mass is 373 g/mol. The summed E-state index contributed by atoms with van der Waals surface area (Å²) in [6, 6.07) is 0. The van der Waals surface area contributed by atoms with Gasteiger partial charge in [0.15, 0.2) is 0 Å². The van der Waals surface area contributed by atoms with E-state index in [1.54, 1.807) is 6.92 Å². The van der Waals surface area contributed by atoms with Crippen LogP contribution in [0, 0.1) is 0 Å². The minimum absolute atomic E-state index is 0.455. The summed E-state index contributed by atoms with van der Waals surface area (Å²) in [6.45, 7) is 4.42. The van der Waals surface area contributed by atoms with Gasteiger partial charge in [-0.15, -0.1) is 0 Å². The SMILES string of the molecule is CC/C=C\C/C=C\C/C=C\C/C=C\C/C=C\CCCCOC(CC)C(=O)[O-]. The fourth-order valence-corrected chi connectivity index (χ4v) is 2.31. The molecule has 0 saturated carbocycles. The Bertz CT molecular complexity index is 484. The average molecular weight is 374 g/mol. The summed E-state index contributed by atoms with van der Waals surface area (Å²) in [5, 5.41) is 10.7. The van der Waals surface area contributed by atoms with Crippen molar-refractivity contribution >= 4 is 5.97 Å². The van der Waals surface area contributed by atoms with Crippen molar-refractivity contribution in [2.45, 2.75) is 77.7 Å². The van der Waals surface area contributed by atoms with Gasteiger partial charge in [-0.3, -0.25) is 0 Å². The summed E-state index contributed by atoms with van der Waals surface area (Å²) in [7, 11) is 0. The summed E-state index contributed by atoms with van der Waals surface area (Å²) in [5.41, 5.74) is 0. The van der Waals surface area contributed by atoms with Crippen LogP contribution in [0.25, 0.3) is 0 Å². The lowest BCUT2D eigenvalue weighted by Crippen LogP contribution is -2.37. The predicted molar refractivity (Wildman–Crippen MR) is 113 cm³/mol. The molecule has 0 saturated heterocycles. The number of carboxylic acid groups (broad SMARTS) is 1. The second-order valence-corrected chi connectivity index (χ2v) is 6.29. The molecule has 0 amide bonds. The number of allylic oxidation sites excluding steroid dienone is 10. The topological polar surface area (TPSA) is 49.4 Å². The molecule has 3 nitrogen and oxygen atoms in total. The Morgan fingerprint density at radius 2 is 1.26 bits per heavy atom. The normalized spacial score (nSPS) is 13.9. The van der Waals surface area contributed by atoms with Crippen molar-refractivity contribution in [3.63, 3.8) is 0 Å². The van der Waals surface area contributed by atoms with Gasteiger partial charge < -0.3 is 14.6 Å². The highest BCUT2D eigenvalue weighted by molar-refractivity contribution is 5.69. The maximum absolute atomic E-state index is 10.7. The Balaban J connectivity index is 3.51. The molecule has 152 valence electrons. The van der Waals surface area contributed by atoms with Crippen molar-refractivity contribution in [2.75, 3.05) is 6.61 Å². The van der Waals surface area contributed by atoms with E-state index in [2.05, 4.69) is 67.7 Å². The highest BCUT2D eigenvalue weighted by Crippen LogP contribution is 2.03. The molecule has 1 unspecified atom stereocenters. The zero-order valence-corrected chi connectivity index (χ0v) is 17.1. The third-order valence-electron chi connectivity index (χ3n) is 3.88. The van der Waals surface area contributed by atoms with E-state index in [0.29, 0.717) is 13.0 Å². The molecule has 0 spiro atoms. The average Bonchev–Trinajstić information content (AvgIpc) is 2.66. The molecular formula is C24H37O3-. The van der Waals surface area contributed by atoms with Crippen LogP contribution in [-0.2, 0) is 9.53 Å². The van der Waals surface area contributed by atoms with E-state index < -0.39 is 12.1 Å². The van der Waals surface area contributed by atoms with Gasteiger partial charge in [-0.2, -0.15) is 0 Å². The molecule has 0 heterocycles. The Morgan fingerprint density at radius 1 is 0.778 bits per heavy atom. The minimum Gasteiger partial charge on any atom is -0.547 e. The first-order valence-electron chi connectivity index (χ1n) is 10.3. The van der Waals surface area contributed by atoms with Gasteiger partial charge in [-0.05, 0) is 57.8 Å². The van der Waals surface area contributed by atoms with Crippen LogP contribution < -0.4 is 5.11 Å². The summed E-state index contributed by atoms with van der Waals surface area (Å²) >= 11 is 0. The fourth-order valence-electron chi connectivity index (χ4n) is 2.31. The smallest absolute Gasteiger partial charge is 0.0965 e. The molecule has 3 heteroatoms. The molecular weight excluding hydrogens is 336 g/mol. The standard InChI is InChI=1S/C24H38O3/c1-3-5-6-7-8-9-10-11-12-13-14-15-16-17-18-19-20-21-22-27-23(4-2)24(25)26/h5-6,8-9,11-12,14-15,17-18,23H,3-4,7,10,13,16,19-22H2,1-2H3,(H,25,26)/p-1/b6-5-,9-8-,12-11-,15-14-,18-17-. The number of carboxylic acids is 1. The van der Waals surface area contributed by atoms with E-state index in [9.17, 15) is 9.90 Å². The van der Waals surface area contributed by atoms with Crippen molar-refractivity contribution in [3.05, 3.63) is 60.8 Å². The van der Waals surface area contributed by atoms with Crippen LogP contribution in [-0.4, -0.2) is 18.7 Å². The highest BCUT2D eigenvalue weighted by atomic mass is 16.5. The molecule has 0 aromatic carbocycles. The molecule has 0 aliphatic rings. The summed E-state index contributed by atoms with van der Waals surface area (Å²) < 4.78 is 5.27. The Labute approximate surface area is 166 Å². The second kappa shape index (κ2) is 20.4. The summed E-state index contributed by atoms with van der Waals surface area (Å²) in [4.78, 5) is 10.7. The number of carbonyl (C=O) groups excluding carboxylic acids is 1. The number of ether oxygens (including phenoxy) is 1. The molecule has 1 atom stereocenters. The zero-order chi connectivity index (χ0) is 20.0. The molecule has 0 bridgehead atoms. The molecule has 0 aromatic rings. The number of aliphatic carboxylic acids is 1. The van der Waals surface area contributed by atoms with Crippen molar-refractivity contribution in [2.24, 2.45) is 0 Å². The summed E-state index contributed by atoms with van der Waals surface area (Å²) in [5.74, 6) is -1.12. The first-order valence-corrected chi connectivity index (χ1v) is 10.3. The van der Waals surface area contributed by atoms with Crippen LogP contribution in [0.15, 0.2) is 60.8 Å². The number of hydrogen-bond acceptors (Lipinski definition) is 3. The number of hydrogen-bond donors (Lipinski definition) is 0. The van der Waals surface area contributed by atoms with Crippen molar-refractivity contribution in [1.82, 2.24) is 0 Å². The van der Waals surface area contributed by atoms with Crippen LogP contribution in [0.2, 0.25) is 0 Å². The lowest BCUT2D eigenvalue weighted by molar-refractivity contribution is -0.317. The first-order chi connectivity index (χ1) is 13.2. The van der Waals surface area contributed by atoms with Crippen molar-refractivity contribution in [3.8, 4) is 0 Å². The maximum atomic E-state index is 10.7. The lowest BCUT2D eigenvalue weighted by atomic mass is 10.2. The predicted octanol–water partition coefficient (Wildman–Crippen LogP) is 5.45. The highest BCUT2D eigenvalue weighted by Gasteiger charge is 2.05. The Kier molecular flexibility index (Phi) is 19.0. The van der Waals surface area contributed by atoms with Gasteiger partial charge in [0, 0.05) is 6.61 Å². The van der Waals surface area contributed by atoms with E-state index >= 15 is 0 Å². The number of unbranched alkanes of at least 4 members (excludes halogenated alkanes) is 2. The second-order valence-electron chi connectivity index (χ2n) is 6.29. The van der Waals surface area contributed by atoms with E-state index in [1.807, 2.05) is 0 Å². The molecule has 0 fully saturated rings. The van der Waals surface area contributed by atoms with Crippen LogP contribution in [0.4, 0.5) is 0 Å². The third-order valence-corrected chi connectivity index (χ3v) is 3.88. The van der Waals surface area contributed by atoms with Crippen LogP contribution in [0.3, 0.4) is 0 Å². The molecule has 0 aromatic heterocycles. The third kappa shape index (κ3) is 18.7. The van der Waals surface area contributed by atoms with Crippen molar-refractivity contribution < 1.29 is 14.6 Å². The van der Waals surface area contributed by atoms with Gasteiger partial charge in [0.2, 0.25) is 0 Å². The molecule has 0 radical (unpaired) electrons. The van der Waals surface area contributed by atoms with Crippen LogP contribution >= 0.6 is 0 Å². The van der Waals surface area contributed by atoms with Gasteiger partial charge in [0.1, 0.15) is 0 Å². The summed E-state index contributed by atoms with van der Waals surface area (Å²) in [6.07, 6.45) is 29.5. The zero-order valence-electron chi connectivity index (χ0n) is 17.1. The number of rotatable bonds is 17. The van der Waals surface area contributed by atoms with Gasteiger partial charge >= 0.3 is 0 Å². The van der Waals surface area contributed by atoms with Gasteiger partial charge in [0.25, 0.3) is 0 Å². The van der Waals surface area contributed by atoms with E-state index in [0.717, 1.165) is 51.4 Å². The van der Waals surface area contributed by atoms with Crippen LogP contribution in [0.5, 0.6) is 0 Å². The lowest BCUT2D eigenvalue weighted by Gasteiger charge is -2.16. The minimum atomic E-state index is -1.12.